The maximum absolute atomic E-state index is 5.41. The van der Waals surface area contributed by atoms with Crippen molar-refractivity contribution < 1.29 is 9.47 Å². The highest BCUT2D eigenvalue weighted by molar-refractivity contribution is 5.67. The van der Waals surface area contributed by atoms with E-state index in [0.29, 0.717) is 11.6 Å². The monoisotopic (exact) mass is 330 g/mol. The van der Waals surface area contributed by atoms with Crippen LogP contribution in [0.3, 0.4) is 0 Å². The molecule has 0 atom stereocenters. The zero-order valence-corrected chi connectivity index (χ0v) is 14.8. The van der Waals surface area contributed by atoms with Crippen molar-refractivity contribution in [3.8, 4) is 11.5 Å². The van der Waals surface area contributed by atoms with E-state index in [0.717, 1.165) is 36.0 Å². The molecule has 0 bridgehead atoms. The van der Waals surface area contributed by atoms with E-state index in [-0.39, 0.29) is 0 Å². The Morgan fingerprint density at radius 2 is 1.79 bits per heavy atom. The summed E-state index contributed by atoms with van der Waals surface area (Å²) in [5, 5.41) is 6.64. The highest BCUT2D eigenvalue weighted by atomic mass is 16.5. The van der Waals surface area contributed by atoms with Gasteiger partial charge in [-0.05, 0) is 25.5 Å². The summed E-state index contributed by atoms with van der Waals surface area (Å²) in [6.07, 6.45) is 3.55. The van der Waals surface area contributed by atoms with Crippen molar-refractivity contribution in [2.45, 2.75) is 33.1 Å². The van der Waals surface area contributed by atoms with Crippen LogP contribution in [0.2, 0.25) is 0 Å². The largest absolute Gasteiger partial charge is 0.497 e. The van der Waals surface area contributed by atoms with E-state index in [1.807, 2.05) is 31.2 Å². The molecular formula is C18H26N4O2. The molecular weight excluding hydrogens is 304 g/mol. The van der Waals surface area contributed by atoms with Gasteiger partial charge in [0, 0.05) is 18.7 Å². The Bertz CT molecular complexity index is 661. The maximum atomic E-state index is 5.41. The molecule has 0 aliphatic heterocycles. The normalized spacial score (nSPS) is 10.3. The molecule has 0 saturated carbocycles. The van der Waals surface area contributed by atoms with Gasteiger partial charge < -0.3 is 20.1 Å². The van der Waals surface area contributed by atoms with Crippen LogP contribution in [0.15, 0.2) is 24.3 Å². The quantitative estimate of drug-likeness (QED) is 0.673. The van der Waals surface area contributed by atoms with Gasteiger partial charge in [-0.2, -0.15) is 0 Å². The first-order valence-electron chi connectivity index (χ1n) is 8.25. The Kier molecular flexibility index (Phi) is 6.66. The molecule has 0 radical (unpaired) electrons. The molecule has 0 spiro atoms. The molecule has 0 fully saturated rings. The van der Waals surface area contributed by atoms with Crippen molar-refractivity contribution in [1.82, 2.24) is 9.97 Å². The van der Waals surface area contributed by atoms with Crippen molar-refractivity contribution in [2.75, 3.05) is 31.4 Å². The van der Waals surface area contributed by atoms with Gasteiger partial charge in [0.1, 0.15) is 29.0 Å². The summed E-state index contributed by atoms with van der Waals surface area (Å²) in [6.45, 7) is 4.99. The number of aromatic nitrogens is 2. The highest BCUT2D eigenvalue weighted by Crippen LogP contribution is 2.31. The van der Waals surface area contributed by atoms with Gasteiger partial charge in [0.15, 0.2) is 0 Å². The van der Waals surface area contributed by atoms with Crippen LogP contribution in [-0.2, 0) is 0 Å². The van der Waals surface area contributed by atoms with Gasteiger partial charge in [0.25, 0.3) is 0 Å². The van der Waals surface area contributed by atoms with Gasteiger partial charge in [0.05, 0.1) is 19.9 Å². The van der Waals surface area contributed by atoms with E-state index in [1.54, 1.807) is 14.2 Å². The molecule has 2 aromatic rings. The molecule has 0 amide bonds. The van der Waals surface area contributed by atoms with Crippen LogP contribution < -0.4 is 20.1 Å². The first-order valence-corrected chi connectivity index (χ1v) is 8.25. The minimum absolute atomic E-state index is 0.697. The van der Waals surface area contributed by atoms with Crippen molar-refractivity contribution in [3.63, 3.8) is 0 Å². The Morgan fingerprint density at radius 3 is 2.50 bits per heavy atom. The SMILES string of the molecule is CCCCCNc1cc(Nc2ccc(OC)cc2OC)nc(C)n1. The lowest BCUT2D eigenvalue weighted by molar-refractivity contribution is 0.395. The minimum Gasteiger partial charge on any atom is -0.497 e. The third-order valence-corrected chi connectivity index (χ3v) is 3.60. The van der Waals surface area contributed by atoms with Gasteiger partial charge >= 0.3 is 0 Å². The Balaban J connectivity index is 2.13. The summed E-state index contributed by atoms with van der Waals surface area (Å²) in [5.41, 5.74) is 0.827. The average Bonchev–Trinajstić information content (AvgIpc) is 2.58. The van der Waals surface area contributed by atoms with Gasteiger partial charge in [-0.15, -0.1) is 0 Å². The lowest BCUT2D eigenvalue weighted by Gasteiger charge is -2.13. The summed E-state index contributed by atoms with van der Waals surface area (Å²) >= 11 is 0. The fraction of sp³-hybridized carbons (Fsp3) is 0.444. The van der Waals surface area contributed by atoms with E-state index in [9.17, 15) is 0 Å². The zero-order valence-electron chi connectivity index (χ0n) is 14.8. The van der Waals surface area contributed by atoms with Crippen LogP contribution in [0.1, 0.15) is 32.0 Å². The van der Waals surface area contributed by atoms with Crippen molar-refractivity contribution >= 4 is 17.3 Å². The number of aryl methyl sites for hydroxylation is 1. The lowest BCUT2D eigenvalue weighted by Crippen LogP contribution is -2.06. The molecule has 1 heterocycles. The van der Waals surface area contributed by atoms with Crippen LogP contribution in [-0.4, -0.2) is 30.7 Å². The number of hydrogen-bond acceptors (Lipinski definition) is 6. The van der Waals surface area contributed by atoms with Crippen molar-refractivity contribution in [1.29, 1.82) is 0 Å². The second-order valence-electron chi connectivity index (χ2n) is 5.51. The molecule has 1 aromatic carbocycles. The van der Waals surface area contributed by atoms with Crippen molar-refractivity contribution in [3.05, 3.63) is 30.1 Å². The fourth-order valence-electron chi connectivity index (χ4n) is 2.35. The molecule has 6 heteroatoms. The van der Waals surface area contributed by atoms with Crippen LogP contribution in [0.5, 0.6) is 11.5 Å². The molecule has 2 N–H and O–H groups in total. The van der Waals surface area contributed by atoms with Gasteiger partial charge in [-0.3, -0.25) is 0 Å². The van der Waals surface area contributed by atoms with Gasteiger partial charge in [-0.25, -0.2) is 9.97 Å². The van der Waals surface area contributed by atoms with E-state index < -0.39 is 0 Å². The Morgan fingerprint density at radius 1 is 1.00 bits per heavy atom. The zero-order chi connectivity index (χ0) is 17.4. The molecule has 0 saturated heterocycles. The van der Waals surface area contributed by atoms with Crippen molar-refractivity contribution in [2.24, 2.45) is 0 Å². The minimum atomic E-state index is 0.697. The smallest absolute Gasteiger partial charge is 0.146 e. The number of anilines is 3. The molecule has 6 nitrogen and oxygen atoms in total. The predicted molar refractivity (Wildman–Crippen MR) is 97.6 cm³/mol. The highest BCUT2D eigenvalue weighted by Gasteiger charge is 2.08. The predicted octanol–water partition coefficient (Wildman–Crippen LogP) is 4.15. The number of benzene rings is 1. The number of unbranched alkanes of at least 4 members (excludes halogenated alkanes) is 2. The van der Waals surface area contributed by atoms with E-state index >= 15 is 0 Å². The van der Waals surface area contributed by atoms with E-state index in [1.165, 1.54) is 12.8 Å². The van der Waals surface area contributed by atoms with E-state index in [4.69, 9.17) is 9.47 Å². The molecule has 24 heavy (non-hydrogen) atoms. The molecule has 0 unspecified atom stereocenters. The van der Waals surface area contributed by atoms with Crippen LogP contribution >= 0.6 is 0 Å². The number of ether oxygens (including phenoxy) is 2. The summed E-state index contributed by atoms with van der Waals surface area (Å²) < 4.78 is 10.6. The van der Waals surface area contributed by atoms with E-state index in [2.05, 4.69) is 27.5 Å². The third kappa shape index (κ3) is 5.01. The van der Waals surface area contributed by atoms with Crippen LogP contribution in [0, 0.1) is 6.92 Å². The first-order chi connectivity index (χ1) is 11.7. The van der Waals surface area contributed by atoms with Gasteiger partial charge in [0.2, 0.25) is 0 Å². The fourth-order valence-corrected chi connectivity index (χ4v) is 2.35. The maximum Gasteiger partial charge on any atom is 0.146 e. The molecule has 2 rings (SSSR count). The first kappa shape index (κ1) is 17.8. The molecule has 130 valence electrons. The summed E-state index contributed by atoms with van der Waals surface area (Å²) in [7, 11) is 3.26. The van der Waals surface area contributed by atoms with Crippen LogP contribution in [0.4, 0.5) is 17.3 Å². The molecule has 0 aliphatic carbocycles. The average molecular weight is 330 g/mol. The van der Waals surface area contributed by atoms with Gasteiger partial charge in [-0.1, -0.05) is 19.8 Å². The lowest BCUT2D eigenvalue weighted by atomic mass is 10.2. The molecule has 0 aliphatic rings. The number of rotatable bonds is 9. The third-order valence-electron chi connectivity index (χ3n) is 3.60. The summed E-state index contributed by atoms with van der Waals surface area (Å²) in [6, 6.07) is 7.52. The Hall–Kier alpha value is -2.50. The number of hydrogen-bond donors (Lipinski definition) is 2. The number of nitrogens with one attached hydrogen (secondary N) is 2. The standard InChI is InChI=1S/C18H26N4O2/c1-5-6-7-10-19-17-12-18(21-13(2)20-17)22-15-9-8-14(23-3)11-16(15)24-4/h8-9,11-12H,5-7,10H2,1-4H3,(H2,19,20,21,22). The topological polar surface area (TPSA) is 68.3 Å². The second kappa shape index (κ2) is 8.96. The second-order valence-corrected chi connectivity index (χ2v) is 5.51. The number of nitrogens with zero attached hydrogens (tertiary/aromatic N) is 2. The summed E-state index contributed by atoms with van der Waals surface area (Å²) in [4.78, 5) is 8.87. The van der Waals surface area contributed by atoms with Crippen LogP contribution in [0.25, 0.3) is 0 Å². The summed E-state index contributed by atoms with van der Waals surface area (Å²) in [5.74, 6) is 3.71. The Labute approximate surface area is 143 Å². The number of methoxy groups -OCH3 is 2. The molecule has 1 aromatic heterocycles.